The molecule has 0 aliphatic carbocycles. The van der Waals surface area contributed by atoms with Crippen LogP contribution in [0.25, 0.3) is 11.0 Å². The summed E-state index contributed by atoms with van der Waals surface area (Å²) in [5.41, 5.74) is 1.41. The lowest BCUT2D eigenvalue weighted by atomic mass is 10.3. The summed E-state index contributed by atoms with van der Waals surface area (Å²) in [5, 5.41) is 1.99. The molecule has 0 aliphatic rings. The number of rotatable bonds is 6. The van der Waals surface area contributed by atoms with Crippen LogP contribution in [0.4, 0.5) is 0 Å². The second-order valence-electron chi connectivity index (χ2n) is 5.56. The van der Waals surface area contributed by atoms with Crippen LogP contribution >= 0.6 is 11.3 Å². The van der Waals surface area contributed by atoms with E-state index in [9.17, 15) is 9.59 Å². The van der Waals surface area contributed by atoms with Crippen molar-refractivity contribution >= 4 is 28.3 Å². The predicted molar refractivity (Wildman–Crippen MR) is 97.1 cm³/mol. The van der Waals surface area contributed by atoms with Crippen molar-refractivity contribution in [1.29, 1.82) is 0 Å². The average molecular weight is 341 g/mol. The summed E-state index contributed by atoms with van der Waals surface area (Å²) >= 11 is 1.61. The summed E-state index contributed by atoms with van der Waals surface area (Å²) in [6.07, 6.45) is 1.71. The Hall–Kier alpha value is -2.60. The predicted octanol–water partition coefficient (Wildman–Crippen LogP) is 2.62. The number of benzene rings is 1. The molecule has 0 fully saturated rings. The van der Waals surface area contributed by atoms with E-state index >= 15 is 0 Å². The van der Waals surface area contributed by atoms with E-state index in [1.165, 1.54) is 4.57 Å². The zero-order valence-corrected chi connectivity index (χ0v) is 14.3. The first kappa shape index (κ1) is 16.3. The molecule has 124 valence electrons. The summed E-state index contributed by atoms with van der Waals surface area (Å²) in [6, 6.07) is 11.5. The molecule has 0 bridgehead atoms. The van der Waals surface area contributed by atoms with Crippen molar-refractivity contribution < 1.29 is 4.79 Å². The molecule has 3 rings (SSSR count). The molecule has 0 spiro atoms. The number of hydrogen-bond donors (Lipinski definition) is 0. The topological polar surface area (TPSA) is 47.2 Å². The second kappa shape index (κ2) is 6.88. The number of aromatic nitrogens is 2. The summed E-state index contributed by atoms with van der Waals surface area (Å²) in [6.45, 7) is 4.74. The molecule has 0 N–H and O–H groups in total. The molecule has 0 atom stereocenters. The molecular formula is C18H19N3O2S. The van der Waals surface area contributed by atoms with Crippen LogP contribution in [-0.4, -0.2) is 26.5 Å². The molecule has 2 aromatic heterocycles. The van der Waals surface area contributed by atoms with Gasteiger partial charge in [-0.25, -0.2) is 4.79 Å². The highest BCUT2D eigenvalue weighted by Crippen LogP contribution is 2.14. The van der Waals surface area contributed by atoms with E-state index in [1.54, 1.807) is 33.9 Å². The molecule has 0 saturated heterocycles. The van der Waals surface area contributed by atoms with Crippen molar-refractivity contribution in [3.8, 4) is 0 Å². The van der Waals surface area contributed by atoms with Gasteiger partial charge in [-0.2, -0.15) is 0 Å². The zero-order valence-electron chi connectivity index (χ0n) is 13.5. The van der Waals surface area contributed by atoms with Crippen molar-refractivity contribution in [3.63, 3.8) is 0 Å². The Bertz CT molecular complexity index is 922. The first-order valence-corrected chi connectivity index (χ1v) is 8.55. The number of nitrogens with zero attached hydrogens (tertiary/aromatic N) is 3. The fourth-order valence-corrected chi connectivity index (χ4v) is 3.47. The minimum Gasteiger partial charge on any atom is -0.332 e. The normalized spacial score (nSPS) is 10.9. The number of para-hydroxylation sites is 2. The molecule has 24 heavy (non-hydrogen) atoms. The molecule has 3 aromatic rings. The number of imidazole rings is 1. The van der Waals surface area contributed by atoms with Gasteiger partial charge in [-0.3, -0.25) is 13.9 Å². The van der Waals surface area contributed by atoms with E-state index in [0.29, 0.717) is 13.1 Å². The first-order valence-electron chi connectivity index (χ1n) is 7.67. The number of carbonyl (C=O) groups excluding carboxylic acids is 1. The monoisotopic (exact) mass is 341 g/mol. The Morgan fingerprint density at radius 1 is 1.25 bits per heavy atom. The van der Waals surface area contributed by atoms with E-state index in [2.05, 4.69) is 6.58 Å². The highest BCUT2D eigenvalue weighted by Gasteiger charge is 2.18. The number of aryl methyl sites for hydroxylation is 1. The fourth-order valence-electron chi connectivity index (χ4n) is 2.75. The molecule has 5 nitrogen and oxygen atoms in total. The Labute approximate surface area is 144 Å². The van der Waals surface area contributed by atoms with Gasteiger partial charge in [0.05, 0.1) is 17.6 Å². The van der Waals surface area contributed by atoms with Gasteiger partial charge in [-0.05, 0) is 23.6 Å². The van der Waals surface area contributed by atoms with Crippen molar-refractivity contribution in [2.75, 3.05) is 6.54 Å². The van der Waals surface area contributed by atoms with Gasteiger partial charge in [0.25, 0.3) is 0 Å². The van der Waals surface area contributed by atoms with Crippen LogP contribution in [0, 0.1) is 0 Å². The standard InChI is InChI=1S/C18H19N3O2S/c1-3-10-20(12-14-7-6-11-24-14)17(22)13-21-16-9-5-4-8-15(16)19(2)18(21)23/h3-9,11H,1,10,12-13H2,2H3. The van der Waals surface area contributed by atoms with Crippen molar-refractivity contribution in [1.82, 2.24) is 14.0 Å². The van der Waals surface area contributed by atoms with Crippen LogP contribution in [0.15, 0.2) is 59.2 Å². The quantitative estimate of drug-likeness (QED) is 0.647. The van der Waals surface area contributed by atoms with Crippen LogP contribution in [0.3, 0.4) is 0 Å². The number of thiophene rings is 1. The molecular weight excluding hydrogens is 322 g/mol. The van der Waals surface area contributed by atoms with Crippen LogP contribution in [0.2, 0.25) is 0 Å². The van der Waals surface area contributed by atoms with Gasteiger partial charge in [0.1, 0.15) is 6.54 Å². The summed E-state index contributed by atoms with van der Waals surface area (Å²) in [7, 11) is 1.72. The van der Waals surface area contributed by atoms with Crippen molar-refractivity contribution in [2.45, 2.75) is 13.1 Å². The Kier molecular flexibility index (Phi) is 4.66. The van der Waals surface area contributed by atoms with Gasteiger partial charge >= 0.3 is 5.69 Å². The van der Waals surface area contributed by atoms with Crippen molar-refractivity contribution in [3.05, 3.63) is 69.8 Å². The molecule has 2 heterocycles. The highest BCUT2D eigenvalue weighted by atomic mass is 32.1. The van der Waals surface area contributed by atoms with Gasteiger partial charge in [0.2, 0.25) is 5.91 Å². The van der Waals surface area contributed by atoms with Crippen LogP contribution in [-0.2, 0) is 24.9 Å². The smallest absolute Gasteiger partial charge is 0.329 e. The molecule has 1 aromatic carbocycles. The van der Waals surface area contributed by atoms with Gasteiger partial charge in [0.15, 0.2) is 0 Å². The number of fused-ring (bicyclic) bond motifs is 1. The third-order valence-corrected chi connectivity index (χ3v) is 4.84. The summed E-state index contributed by atoms with van der Waals surface area (Å²) < 4.78 is 3.10. The molecule has 0 saturated carbocycles. The van der Waals surface area contributed by atoms with E-state index in [-0.39, 0.29) is 18.1 Å². The molecule has 6 heteroatoms. The van der Waals surface area contributed by atoms with Gasteiger partial charge in [-0.15, -0.1) is 17.9 Å². The molecule has 0 aliphatic heterocycles. The average Bonchev–Trinajstić information content (AvgIpc) is 3.18. The number of carbonyl (C=O) groups is 1. The maximum Gasteiger partial charge on any atom is 0.329 e. The maximum atomic E-state index is 12.7. The fraction of sp³-hybridized carbons (Fsp3) is 0.222. The van der Waals surface area contributed by atoms with Crippen LogP contribution < -0.4 is 5.69 Å². The van der Waals surface area contributed by atoms with Gasteiger partial charge < -0.3 is 4.90 Å². The lowest BCUT2D eigenvalue weighted by Gasteiger charge is -2.20. The maximum absolute atomic E-state index is 12.7. The minimum atomic E-state index is -0.181. The third-order valence-electron chi connectivity index (χ3n) is 3.97. The van der Waals surface area contributed by atoms with Gasteiger partial charge in [-0.1, -0.05) is 24.3 Å². The summed E-state index contributed by atoms with van der Waals surface area (Å²) in [5.74, 6) is -0.0956. The number of hydrogen-bond acceptors (Lipinski definition) is 3. The van der Waals surface area contributed by atoms with E-state index < -0.39 is 0 Å². The van der Waals surface area contributed by atoms with E-state index in [0.717, 1.165) is 15.9 Å². The Balaban J connectivity index is 1.89. The lowest BCUT2D eigenvalue weighted by Crippen LogP contribution is -2.36. The minimum absolute atomic E-state index is 0.0272. The molecule has 0 unspecified atom stereocenters. The lowest BCUT2D eigenvalue weighted by molar-refractivity contribution is -0.131. The largest absolute Gasteiger partial charge is 0.332 e. The molecule has 0 radical (unpaired) electrons. The molecule has 1 amide bonds. The SMILES string of the molecule is C=CCN(Cc1cccs1)C(=O)Cn1c(=O)n(C)c2ccccc21. The van der Waals surface area contributed by atoms with Crippen molar-refractivity contribution in [2.24, 2.45) is 7.05 Å². The second-order valence-corrected chi connectivity index (χ2v) is 6.59. The highest BCUT2D eigenvalue weighted by molar-refractivity contribution is 7.09. The van der Waals surface area contributed by atoms with E-state index in [1.807, 2.05) is 41.8 Å². The first-order chi connectivity index (χ1) is 11.6. The Morgan fingerprint density at radius 2 is 2.00 bits per heavy atom. The van der Waals surface area contributed by atoms with E-state index in [4.69, 9.17) is 0 Å². The Morgan fingerprint density at radius 3 is 2.67 bits per heavy atom. The zero-order chi connectivity index (χ0) is 17.1. The summed E-state index contributed by atoms with van der Waals surface area (Å²) in [4.78, 5) is 28.0. The van der Waals surface area contributed by atoms with Crippen LogP contribution in [0.1, 0.15) is 4.88 Å². The van der Waals surface area contributed by atoms with Crippen LogP contribution in [0.5, 0.6) is 0 Å². The number of amides is 1. The van der Waals surface area contributed by atoms with Gasteiger partial charge in [0, 0.05) is 18.5 Å². The third kappa shape index (κ3) is 3.05.